The van der Waals surface area contributed by atoms with Gasteiger partial charge >= 0.3 is 0 Å². The SMILES string of the molecule is COc1ccc(C2(C(=O)Nc3ccc(OC(c4ccc(F)cc4)c4ccccc4Cl)c(C(=O)NC(C)(C)C)c3)C=CC=N2)cc1OC. The van der Waals surface area contributed by atoms with Crippen LogP contribution >= 0.6 is 11.6 Å². The predicted octanol–water partition coefficient (Wildman–Crippen LogP) is 7.67. The highest BCUT2D eigenvalue weighted by Crippen LogP contribution is 2.39. The molecule has 1 heterocycles. The first-order chi connectivity index (χ1) is 22.4. The van der Waals surface area contributed by atoms with E-state index in [9.17, 15) is 14.0 Å². The molecule has 2 unspecified atom stereocenters. The summed E-state index contributed by atoms with van der Waals surface area (Å²) >= 11 is 6.59. The molecule has 2 N–H and O–H groups in total. The van der Waals surface area contributed by atoms with Crippen LogP contribution in [0.2, 0.25) is 5.02 Å². The van der Waals surface area contributed by atoms with E-state index in [2.05, 4.69) is 15.6 Å². The first-order valence-corrected chi connectivity index (χ1v) is 15.2. The van der Waals surface area contributed by atoms with Crippen LogP contribution in [0.5, 0.6) is 17.2 Å². The van der Waals surface area contributed by atoms with Gasteiger partial charge in [-0.05, 0) is 92.6 Å². The van der Waals surface area contributed by atoms with E-state index in [1.807, 2.05) is 32.9 Å². The van der Waals surface area contributed by atoms with Gasteiger partial charge in [-0.1, -0.05) is 48.0 Å². The molecule has 0 saturated heterocycles. The summed E-state index contributed by atoms with van der Waals surface area (Å²) < 4.78 is 31.2. The molecule has 2 atom stereocenters. The summed E-state index contributed by atoms with van der Waals surface area (Å²) in [4.78, 5) is 32.2. The molecular weight excluding hydrogens is 621 g/mol. The normalized spacial score (nSPS) is 16.0. The number of nitrogens with one attached hydrogen (secondary N) is 2. The van der Waals surface area contributed by atoms with E-state index < -0.39 is 34.8 Å². The number of hydrogen-bond donors (Lipinski definition) is 2. The van der Waals surface area contributed by atoms with Gasteiger partial charge in [0.2, 0.25) is 0 Å². The molecule has 0 radical (unpaired) electrons. The average Bonchev–Trinajstić information content (AvgIpc) is 3.55. The molecule has 0 bridgehead atoms. The average molecular weight is 656 g/mol. The van der Waals surface area contributed by atoms with Gasteiger partial charge in [-0.3, -0.25) is 14.6 Å². The van der Waals surface area contributed by atoms with E-state index in [0.717, 1.165) is 0 Å². The lowest BCUT2D eigenvalue weighted by atomic mass is 9.89. The number of rotatable bonds is 10. The zero-order chi connectivity index (χ0) is 33.8. The molecule has 5 rings (SSSR count). The summed E-state index contributed by atoms with van der Waals surface area (Å²) in [7, 11) is 3.05. The molecular formula is C37H35ClFN3O5. The fourth-order valence-electron chi connectivity index (χ4n) is 5.18. The molecule has 0 saturated carbocycles. The smallest absolute Gasteiger partial charge is 0.260 e. The van der Waals surface area contributed by atoms with Gasteiger partial charge in [-0.25, -0.2) is 4.39 Å². The number of aliphatic imine (C=N–C) groups is 1. The minimum absolute atomic E-state index is 0.169. The monoisotopic (exact) mass is 655 g/mol. The summed E-state index contributed by atoms with van der Waals surface area (Å²) in [5.41, 5.74) is 0.360. The van der Waals surface area contributed by atoms with Crippen LogP contribution in [0.1, 0.15) is 53.9 Å². The van der Waals surface area contributed by atoms with Crippen LogP contribution in [0, 0.1) is 5.82 Å². The van der Waals surface area contributed by atoms with Crippen molar-refractivity contribution in [1.82, 2.24) is 5.32 Å². The molecule has 242 valence electrons. The number of carbonyl (C=O) groups is 2. The van der Waals surface area contributed by atoms with Crippen LogP contribution in [0.4, 0.5) is 10.1 Å². The molecule has 4 aromatic rings. The van der Waals surface area contributed by atoms with Gasteiger partial charge in [0.25, 0.3) is 11.8 Å². The van der Waals surface area contributed by atoms with Gasteiger partial charge in [0, 0.05) is 28.0 Å². The highest BCUT2D eigenvalue weighted by Gasteiger charge is 2.40. The van der Waals surface area contributed by atoms with E-state index in [1.54, 1.807) is 79.0 Å². The van der Waals surface area contributed by atoms with Crippen molar-refractivity contribution in [2.75, 3.05) is 19.5 Å². The second-order valence-electron chi connectivity index (χ2n) is 11.9. The van der Waals surface area contributed by atoms with Crippen molar-refractivity contribution in [3.05, 3.63) is 130 Å². The van der Waals surface area contributed by atoms with Crippen molar-refractivity contribution in [3.8, 4) is 17.2 Å². The Labute approximate surface area is 278 Å². The lowest BCUT2D eigenvalue weighted by Crippen LogP contribution is -2.41. The Morgan fingerprint density at radius 3 is 2.23 bits per heavy atom. The number of allylic oxidation sites excluding steroid dienone is 1. The predicted molar refractivity (Wildman–Crippen MR) is 181 cm³/mol. The van der Waals surface area contributed by atoms with Crippen molar-refractivity contribution in [2.45, 2.75) is 38.0 Å². The maximum atomic E-state index is 14.0. The van der Waals surface area contributed by atoms with Gasteiger partial charge in [0.15, 0.2) is 23.1 Å². The summed E-state index contributed by atoms with van der Waals surface area (Å²) in [5, 5.41) is 6.35. The van der Waals surface area contributed by atoms with Crippen LogP contribution in [0.25, 0.3) is 0 Å². The van der Waals surface area contributed by atoms with Crippen molar-refractivity contribution in [2.24, 2.45) is 4.99 Å². The molecule has 0 aromatic heterocycles. The number of hydrogen-bond acceptors (Lipinski definition) is 6. The number of halogens is 2. The molecule has 8 nitrogen and oxygen atoms in total. The van der Waals surface area contributed by atoms with Gasteiger partial charge in [0.05, 0.1) is 19.8 Å². The minimum Gasteiger partial charge on any atom is -0.493 e. The number of nitrogens with zero attached hydrogens (tertiary/aromatic N) is 1. The van der Waals surface area contributed by atoms with Crippen molar-refractivity contribution < 1.29 is 28.2 Å². The lowest BCUT2D eigenvalue weighted by molar-refractivity contribution is -0.119. The quantitative estimate of drug-likeness (QED) is 0.183. The standard InChI is InChI=1S/C37H35ClFN3O5/c1-36(2,3)42-34(43)28-22-26(41-35(44)37(19-8-20-40-37)24-13-17-31(45-4)32(21-24)46-5)16-18-30(28)47-33(23-11-14-25(39)15-12-23)27-9-6-7-10-29(27)38/h6-22,33H,1-5H3,(H,41,44)(H,42,43). The van der Waals surface area contributed by atoms with Crippen LogP contribution in [-0.4, -0.2) is 37.8 Å². The fraction of sp³-hybridized carbons (Fsp3) is 0.216. The van der Waals surface area contributed by atoms with Crippen molar-refractivity contribution in [3.63, 3.8) is 0 Å². The third-order valence-electron chi connectivity index (χ3n) is 7.45. The number of methoxy groups -OCH3 is 2. The summed E-state index contributed by atoms with van der Waals surface area (Å²) in [6.45, 7) is 5.58. The molecule has 0 spiro atoms. The van der Waals surface area contributed by atoms with Gasteiger partial charge in [-0.15, -0.1) is 0 Å². The topological polar surface area (TPSA) is 98.2 Å². The Bertz CT molecular complexity index is 1840. The highest BCUT2D eigenvalue weighted by atomic mass is 35.5. The zero-order valence-corrected chi connectivity index (χ0v) is 27.4. The summed E-state index contributed by atoms with van der Waals surface area (Å²) in [5.74, 6) is -0.0837. The molecule has 0 aliphatic carbocycles. The minimum atomic E-state index is -1.39. The Morgan fingerprint density at radius 2 is 1.60 bits per heavy atom. The van der Waals surface area contributed by atoms with E-state index >= 15 is 0 Å². The Hall–Kier alpha value is -5.15. The molecule has 10 heteroatoms. The van der Waals surface area contributed by atoms with E-state index in [-0.39, 0.29) is 11.3 Å². The third kappa shape index (κ3) is 7.31. The van der Waals surface area contributed by atoms with E-state index in [4.69, 9.17) is 25.8 Å². The number of amides is 2. The van der Waals surface area contributed by atoms with Gasteiger partial charge < -0.3 is 24.8 Å². The largest absolute Gasteiger partial charge is 0.493 e. The number of benzene rings is 4. The summed E-state index contributed by atoms with van der Waals surface area (Å²) in [6.07, 6.45) is 4.15. The number of anilines is 1. The second kappa shape index (κ2) is 13.7. The molecule has 4 aromatic carbocycles. The van der Waals surface area contributed by atoms with E-state index in [1.165, 1.54) is 26.4 Å². The third-order valence-corrected chi connectivity index (χ3v) is 7.79. The van der Waals surface area contributed by atoms with Gasteiger partial charge in [0.1, 0.15) is 11.6 Å². The highest BCUT2D eigenvalue weighted by molar-refractivity contribution is 6.31. The lowest BCUT2D eigenvalue weighted by Gasteiger charge is -2.26. The van der Waals surface area contributed by atoms with Crippen molar-refractivity contribution in [1.29, 1.82) is 0 Å². The molecule has 47 heavy (non-hydrogen) atoms. The molecule has 0 fully saturated rings. The maximum Gasteiger partial charge on any atom is 0.260 e. The molecule has 1 aliphatic heterocycles. The maximum absolute atomic E-state index is 14.0. The number of ether oxygens (including phenoxy) is 3. The van der Waals surface area contributed by atoms with Crippen LogP contribution < -0.4 is 24.8 Å². The zero-order valence-electron chi connectivity index (χ0n) is 26.6. The summed E-state index contributed by atoms with van der Waals surface area (Å²) in [6, 6.07) is 23.0. The first-order valence-electron chi connectivity index (χ1n) is 14.8. The Balaban J connectivity index is 1.54. The van der Waals surface area contributed by atoms with Crippen LogP contribution in [-0.2, 0) is 10.3 Å². The fourth-order valence-corrected chi connectivity index (χ4v) is 5.42. The van der Waals surface area contributed by atoms with Crippen LogP contribution in [0.3, 0.4) is 0 Å². The first kappa shape index (κ1) is 33.2. The van der Waals surface area contributed by atoms with E-state index in [0.29, 0.717) is 38.9 Å². The Kier molecular flexibility index (Phi) is 9.67. The van der Waals surface area contributed by atoms with Crippen LogP contribution in [0.15, 0.2) is 102 Å². The second-order valence-corrected chi connectivity index (χ2v) is 12.3. The Morgan fingerprint density at radius 1 is 0.894 bits per heavy atom. The molecule has 2 amide bonds. The number of carbonyl (C=O) groups excluding carboxylic acids is 2. The molecule has 1 aliphatic rings. The van der Waals surface area contributed by atoms with Gasteiger partial charge in [-0.2, -0.15) is 0 Å². The van der Waals surface area contributed by atoms with Crippen molar-refractivity contribution >= 4 is 35.3 Å².